The lowest BCUT2D eigenvalue weighted by molar-refractivity contribution is -0.115. The first kappa shape index (κ1) is 20.0. The van der Waals surface area contributed by atoms with Crippen molar-refractivity contribution in [2.24, 2.45) is 5.10 Å². The number of carbonyl (C=O) groups is 1. The molecule has 4 rings (SSSR count). The average molecular weight is 406 g/mol. The monoisotopic (exact) mass is 406 g/mol. The number of anilines is 2. The Hall–Kier alpha value is -3.32. The summed E-state index contributed by atoms with van der Waals surface area (Å²) < 4.78 is 10.9. The number of nitrogens with zero attached hydrogens (tertiary/aromatic N) is 2. The number of fused-ring (bicyclic) bond motifs is 2. The number of rotatable bonds is 7. The quantitative estimate of drug-likeness (QED) is 0.541. The van der Waals surface area contributed by atoms with Crippen LogP contribution in [0.2, 0.25) is 0 Å². The molecule has 0 bridgehead atoms. The van der Waals surface area contributed by atoms with E-state index in [0.29, 0.717) is 5.75 Å². The number of ether oxygens (including phenoxy) is 2. The van der Waals surface area contributed by atoms with Gasteiger partial charge in [0.15, 0.2) is 11.5 Å². The first-order valence-corrected chi connectivity index (χ1v) is 10.1. The number of amides is 1. The Labute approximate surface area is 176 Å². The van der Waals surface area contributed by atoms with Crippen LogP contribution in [0.5, 0.6) is 11.5 Å². The fraction of sp³-hybridized carbons (Fsp3) is 0.304. The first-order chi connectivity index (χ1) is 14.5. The minimum absolute atomic E-state index is 0.0699. The van der Waals surface area contributed by atoms with E-state index in [4.69, 9.17) is 9.47 Å². The predicted molar refractivity (Wildman–Crippen MR) is 119 cm³/mol. The standard InChI is InChI=1S/C23H26N4O3/c1-15(2)25-13-23(28)26-17-8-7-16-5-4-6-20(19(16)11-17)27(24-3)18-9-10-21-22(12-18)30-14-29-21/h6-12,15,25H,3-5,13-14H2,1-2H3,(H,26,28). The van der Waals surface area contributed by atoms with Gasteiger partial charge in [0.2, 0.25) is 12.7 Å². The van der Waals surface area contributed by atoms with Crippen molar-refractivity contribution in [2.75, 3.05) is 23.7 Å². The molecule has 7 heteroatoms. The van der Waals surface area contributed by atoms with E-state index >= 15 is 0 Å². The van der Waals surface area contributed by atoms with E-state index in [-0.39, 0.29) is 25.3 Å². The predicted octanol–water partition coefficient (Wildman–Crippen LogP) is 3.76. The van der Waals surface area contributed by atoms with Crippen molar-refractivity contribution >= 4 is 29.7 Å². The summed E-state index contributed by atoms with van der Waals surface area (Å²) in [5, 5.41) is 12.2. The van der Waals surface area contributed by atoms with Gasteiger partial charge in [0.1, 0.15) is 0 Å². The molecule has 2 N–H and O–H groups in total. The van der Waals surface area contributed by atoms with Crippen LogP contribution in [-0.4, -0.2) is 32.0 Å². The van der Waals surface area contributed by atoms with Crippen LogP contribution in [0.25, 0.3) is 5.70 Å². The summed E-state index contributed by atoms with van der Waals surface area (Å²) in [6, 6.07) is 12.0. The Morgan fingerprint density at radius 1 is 1.20 bits per heavy atom. The van der Waals surface area contributed by atoms with Gasteiger partial charge in [-0.25, -0.2) is 5.01 Å². The molecule has 2 aliphatic rings. The SMILES string of the molecule is C=NN(C1=CCCc2ccc(NC(=O)CNC(C)C)cc21)c1ccc2c(c1)OCO2. The molecule has 0 spiro atoms. The molecule has 0 aromatic heterocycles. The molecule has 0 unspecified atom stereocenters. The number of allylic oxidation sites excluding steroid dienone is 1. The average Bonchev–Trinajstić information content (AvgIpc) is 3.21. The number of hydrazone groups is 1. The first-order valence-electron chi connectivity index (χ1n) is 10.1. The number of aryl methyl sites for hydroxylation is 1. The van der Waals surface area contributed by atoms with Crippen LogP contribution in [0.3, 0.4) is 0 Å². The Bertz CT molecular complexity index is 1000. The smallest absolute Gasteiger partial charge is 0.238 e. The summed E-state index contributed by atoms with van der Waals surface area (Å²) in [5.74, 6) is 1.34. The molecular formula is C23H26N4O3. The van der Waals surface area contributed by atoms with Crippen LogP contribution >= 0.6 is 0 Å². The third-order valence-corrected chi connectivity index (χ3v) is 5.06. The van der Waals surface area contributed by atoms with Crippen LogP contribution in [0, 0.1) is 0 Å². The van der Waals surface area contributed by atoms with E-state index in [1.807, 2.05) is 44.2 Å². The van der Waals surface area contributed by atoms with E-state index in [2.05, 4.69) is 34.6 Å². The van der Waals surface area contributed by atoms with E-state index in [9.17, 15) is 4.79 Å². The summed E-state index contributed by atoms with van der Waals surface area (Å²) in [6.07, 6.45) is 3.99. The Kier molecular flexibility index (Phi) is 5.72. The van der Waals surface area contributed by atoms with Crippen molar-refractivity contribution in [3.8, 4) is 11.5 Å². The summed E-state index contributed by atoms with van der Waals surface area (Å²) in [5.41, 5.74) is 4.76. The fourth-order valence-electron chi connectivity index (χ4n) is 3.60. The van der Waals surface area contributed by atoms with Gasteiger partial charge in [0.05, 0.1) is 17.9 Å². The fourth-order valence-corrected chi connectivity index (χ4v) is 3.60. The Morgan fingerprint density at radius 3 is 2.83 bits per heavy atom. The van der Waals surface area contributed by atoms with Gasteiger partial charge in [0, 0.05) is 30.1 Å². The number of nitrogens with one attached hydrogen (secondary N) is 2. The van der Waals surface area contributed by atoms with Crippen LogP contribution < -0.4 is 25.1 Å². The number of benzene rings is 2. The largest absolute Gasteiger partial charge is 0.454 e. The van der Waals surface area contributed by atoms with Crippen LogP contribution in [0.15, 0.2) is 47.6 Å². The van der Waals surface area contributed by atoms with Crippen LogP contribution in [0.4, 0.5) is 11.4 Å². The molecule has 0 saturated carbocycles. The molecule has 1 amide bonds. The van der Waals surface area contributed by atoms with Crippen molar-refractivity contribution in [1.29, 1.82) is 0 Å². The van der Waals surface area contributed by atoms with Crippen molar-refractivity contribution in [2.45, 2.75) is 32.7 Å². The molecule has 0 fully saturated rings. The highest BCUT2D eigenvalue weighted by Crippen LogP contribution is 2.39. The molecule has 1 aliphatic heterocycles. The lowest BCUT2D eigenvalue weighted by atomic mass is 9.93. The summed E-state index contributed by atoms with van der Waals surface area (Å²) in [6.45, 7) is 8.29. The molecule has 1 heterocycles. The van der Waals surface area contributed by atoms with E-state index < -0.39 is 0 Å². The van der Waals surface area contributed by atoms with Gasteiger partial charge in [-0.15, -0.1) is 0 Å². The van der Waals surface area contributed by atoms with Gasteiger partial charge in [-0.2, -0.15) is 5.10 Å². The molecule has 156 valence electrons. The van der Waals surface area contributed by atoms with Gasteiger partial charge in [-0.3, -0.25) is 4.79 Å². The highest BCUT2D eigenvalue weighted by molar-refractivity contribution is 5.93. The van der Waals surface area contributed by atoms with Gasteiger partial charge in [0.25, 0.3) is 0 Å². The summed E-state index contributed by atoms with van der Waals surface area (Å²) in [4.78, 5) is 12.2. The van der Waals surface area contributed by atoms with Gasteiger partial charge < -0.3 is 20.1 Å². The van der Waals surface area contributed by atoms with E-state index in [1.54, 1.807) is 5.01 Å². The lowest BCUT2D eigenvalue weighted by Gasteiger charge is -2.27. The number of hydrogen-bond donors (Lipinski definition) is 2. The second-order valence-corrected chi connectivity index (χ2v) is 7.57. The van der Waals surface area contributed by atoms with Gasteiger partial charge in [-0.1, -0.05) is 26.0 Å². The topological polar surface area (TPSA) is 75.2 Å². The minimum atomic E-state index is -0.0699. The third-order valence-electron chi connectivity index (χ3n) is 5.06. The van der Waals surface area contributed by atoms with Crippen LogP contribution in [-0.2, 0) is 11.2 Å². The van der Waals surface area contributed by atoms with Gasteiger partial charge in [-0.05, 0) is 42.7 Å². The Morgan fingerprint density at radius 2 is 2.03 bits per heavy atom. The number of carbonyl (C=O) groups excluding carboxylic acids is 1. The summed E-state index contributed by atoms with van der Waals surface area (Å²) >= 11 is 0. The van der Waals surface area contributed by atoms with Crippen LogP contribution in [0.1, 0.15) is 31.4 Å². The normalized spacial score (nSPS) is 14.2. The maximum atomic E-state index is 12.2. The highest BCUT2D eigenvalue weighted by Gasteiger charge is 2.22. The van der Waals surface area contributed by atoms with Crippen molar-refractivity contribution < 1.29 is 14.3 Å². The zero-order valence-corrected chi connectivity index (χ0v) is 17.3. The Balaban J connectivity index is 1.60. The van der Waals surface area contributed by atoms with Crippen molar-refractivity contribution in [1.82, 2.24) is 5.32 Å². The molecule has 7 nitrogen and oxygen atoms in total. The maximum Gasteiger partial charge on any atom is 0.238 e. The number of hydrogen-bond acceptors (Lipinski definition) is 6. The molecule has 30 heavy (non-hydrogen) atoms. The van der Waals surface area contributed by atoms with Crippen molar-refractivity contribution in [3.63, 3.8) is 0 Å². The lowest BCUT2D eigenvalue weighted by Crippen LogP contribution is -2.32. The molecule has 0 atom stereocenters. The van der Waals surface area contributed by atoms with Gasteiger partial charge >= 0.3 is 0 Å². The molecule has 0 saturated heterocycles. The van der Waals surface area contributed by atoms with Crippen molar-refractivity contribution in [3.05, 3.63) is 53.6 Å². The summed E-state index contributed by atoms with van der Waals surface area (Å²) in [7, 11) is 0. The second kappa shape index (κ2) is 8.59. The minimum Gasteiger partial charge on any atom is -0.454 e. The zero-order valence-electron chi connectivity index (χ0n) is 17.3. The zero-order chi connectivity index (χ0) is 21.1. The third kappa shape index (κ3) is 4.16. The highest BCUT2D eigenvalue weighted by atomic mass is 16.7. The molecule has 0 radical (unpaired) electrons. The van der Waals surface area contributed by atoms with E-state index in [0.717, 1.165) is 41.2 Å². The maximum absolute atomic E-state index is 12.2. The van der Waals surface area contributed by atoms with E-state index in [1.165, 1.54) is 5.56 Å². The molecule has 2 aromatic carbocycles. The molecular weight excluding hydrogens is 380 g/mol. The molecule has 1 aliphatic carbocycles. The molecule has 2 aromatic rings. The second-order valence-electron chi connectivity index (χ2n) is 7.57.